The lowest BCUT2D eigenvalue weighted by atomic mass is 10.1. The van der Waals surface area contributed by atoms with Crippen molar-refractivity contribution in [2.45, 2.75) is 20.4 Å². The maximum atomic E-state index is 12.1. The fraction of sp³-hybridized carbons (Fsp3) is 0.188. The van der Waals surface area contributed by atoms with Crippen LogP contribution in [0.5, 0.6) is 5.88 Å². The van der Waals surface area contributed by atoms with E-state index in [-0.39, 0.29) is 18.0 Å². The van der Waals surface area contributed by atoms with Gasteiger partial charge >= 0.3 is 0 Å². The highest BCUT2D eigenvalue weighted by Gasteiger charge is 2.16. The molecule has 0 saturated heterocycles. The van der Waals surface area contributed by atoms with E-state index >= 15 is 0 Å². The first-order chi connectivity index (χ1) is 10.5. The van der Waals surface area contributed by atoms with E-state index in [4.69, 9.17) is 5.26 Å². The van der Waals surface area contributed by atoms with E-state index in [1.165, 1.54) is 6.21 Å². The second-order valence-electron chi connectivity index (χ2n) is 4.64. The molecule has 0 radical (unpaired) electrons. The van der Waals surface area contributed by atoms with Gasteiger partial charge in [0.1, 0.15) is 11.6 Å². The molecule has 0 fully saturated rings. The molecule has 0 aliphatic carbocycles. The largest absolute Gasteiger partial charge is 0.494 e. The van der Waals surface area contributed by atoms with E-state index in [9.17, 15) is 9.90 Å². The Morgan fingerprint density at radius 2 is 2.23 bits per heavy atom. The number of aliphatic imine (C=N–C) groups is 1. The summed E-state index contributed by atoms with van der Waals surface area (Å²) in [5.74, 6) is -0.178. The van der Waals surface area contributed by atoms with Gasteiger partial charge in [0.05, 0.1) is 11.3 Å². The molecule has 5 nitrogen and oxygen atoms in total. The van der Waals surface area contributed by atoms with Gasteiger partial charge in [-0.3, -0.25) is 14.4 Å². The van der Waals surface area contributed by atoms with E-state index in [1.54, 1.807) is 13.8 Å². The van der Waals surface area contributed by atoms with Crippen LogP contribution in [0.4, 0.5) is 5.69 Å². The van der Waals surface area contributed by atoms with Crippen molar-refractivity contribution in [2.24, 2.45) is 4.99 Å². The molecule has 0 saturated carbocycles. The average molecular weight is 360 g/mol. The first kappa shape index (κ1) is 16.0. The van der Waals surface area contributed by atoms with Crippen molar-refractivity contribution in [1.29, 1.82) is 5.26 Å². The Bertz CT molecular complexity index is 848. The van der Waals surface area contributed by atoms with E-state index in [0.717, 1.165) is 9.04 Å². The van der Waals surface area contributed by atoms with Gasteiger partial charge in [-0.25, -0.2) is 0 Å². The lowest BCUT2D eigenvalue weighted by Gasteiger charge is -2.12. The summed E-state index contributed by atoms with van der Waals surface area (Å²) in [5.41, 5.74) is 1.03. The van der Waals surface area contributed by atoms with Gasteiger partial charge in [-0.1, -0.05) is 22.0 Å². The second kappa shape index (κ2) is 6.58. The molecule has 1 aromatic heterocycles. The zero-order chi connectivity index (χ0) is 16.3. The fourth-order valence-corrected chi connectivity index (χ4v) is 2.50. The molecule has 2 aromatic rings. The summed E-state index contributed by atoms with van der Waals surface area (Å²) in [6, 6.07) is 9.26. The second-order valence-corrected chi connectivity index (χ2v) is 5.55. The highest BCUT2D eigenvalue weighted by Crippen LogP contribution is 2.22. The van der Waals surface area contributed by atoms with Crippen LogP contribution in [-0.2, 0) is 6.54 Å². The van der Waals surface area contributed by atoms with Crippen LogP contribution < -0.4 is 5.56 Å². The number of benzene rings is 1. The summed E-state index contributed by atoms with van der Waals surface area (Å²) >= 11 is 3.36. The minimum Gasteiger partial charge on any atom is -0.494 e. The number of halogens is 1. The number of hydrogen-bond acceptors (Lipinski definition) is 4. The highest BCUT2D eigenvalue weighted by molar-refractivity contribution is 9.10. The molecule has 1 heterocycles. The van der Waals surface area contributed by atoms with E-state index in [0.29, 0.717) is 16.8 Å². The molecule has 0 aliphatic heterocycles. The Morgan fingerprint density at radius 3 is 2.82 bits per heavy atom. The predicted molar refractivity (Wildman–Crippen MR) is 88.9 cm³/mol. The number of nitriles is 1. The molecule has 2 rings (SSSR count). The molecule has 0 atom stereocenters. The standard InChI is InChI=1S/C16H14BrN3O2/c1-3-20-15(21)13(8-18)10(2)14(16(20)22)9-19-12-6-4-5-11(17)7-12/h4-7,9,22H,3H2,1-2H3. The molecule has 0 unspecified atom stereocenters. The molecule has 22 heavy (non-hydrogen) atoms. The topological polar surface area (TPSA) is 78.4 Å². The monoisotopic (exact) mass is 359 g/mol. The molecule has 1 aromatic carbocycles. The number of pyridine rings is 1. The van der Waals surface area contributed by atoms with Gasteiger partial charge in [0.2, 0.25) is 5.88 Å². The molecule has 0 spiro atoms. The van der Waals surface area contributed by atoms with Gasteiger partial charge in [-0.15, -0.1) is 0 Å². The predicted octanol–water partition coefficient (Wildman–Crippen LogP) is 3.27. The van der Waals surface area contributed by atoms with Gasteiger partial charge < -0.3 is 5.11 Å². The summed E-state index contributed by atoms with van der Waals surface area (Å²) in [4.78, 5) is 16.4. The van der Waals surface area contributed by atoms with Crippen LogP contribution in [0.3, 0.4) is 0 Å². The Labute approximate surface area is 136 Å². The zero-order valence-corrected chi connectivity index (χ0v) is 13.8. The fourth-order valence-electron chi connectivity index (χ4n) is 2.11. The molecular formula is C16H14BrN3O2. The van der Waals surface area contributed by atoms with Gasteiger partial charge in [0.15, 0.2) is 0 Å². The van der Waals surface area contributed by atoms with E-state index in [2.05, 4.69) is 20.9 Å². The van der Waals surface area contributed by atoms with Crippen molar-refractivity contribution < 1.29 is 5.11 Å². The van der Waals surface area contributed by atoms with Crippen molar-refractivity contribution in [1.82, 2.24) is 4.57 Å². The Balaban J connectivity index is 2.61. The average Bonchev–Trinajstić information content (AvgIpc) is 2.48. The quantitative estimate of drug-likeness (QED) is 0.854. The van der Waals surface area contributed by atoms with Gasteiger partial charge in [0.25, 0.3) is 5.56 Å². The lowest BCUT2D eigenvalue weighted by molar-refractivity contribution is 0.409. The number of rotatable bonds is 3. The molecular weight excluding hydrogens is 346 g/mol. The van der Waals surface area contributed by atoms with Crippen molar-refractivity contribution in [2.75, 3.05) is 0 Å². The molecule has 6 heteroatoms. The van der Waals surface area contributed by atoms with Crippen molar-refractivity contribution in [3.8, 4) is 11.9 Å². The van der Waals surface area contributed by atoms with Crippen LogP contribution in [0.25, 0.3) is 0 Å². The third kappa shape index (κ3) is 2.95. The van der Waals surface area contributed by atoms with Crippen molar-refractivity contribution in [3.63, 3.8) is 0 Å². The van der Waals surface area contributed by atoms with Crippen LogP contribution >= 0.6 is 15.9 Å². The Morgan fingerprint density at radius 1 is 1.50 bits per heavy atom. The molecule has 112 valence electrons. The SMILES string of the molecule is CCn1c(O)c(C=Nc2cccc(Br)c2)c(C)c(C#N)c1=O. The first-order valence-corrected chi connectivity index (χ1v) is 7.45. The molecule has 1 N–H and O–H groups in total. The normalized spacial score (nSPS) is 10.8. The van der Waals surface area contributed by atoms with Gasteiger partial charge in [-0.05, 0) is 37.6 Å². The number of aromatic hydroxyl groups is 1. The van der Waals surface area contributed by atoms with Crippen molar-refractivity contribution in [3.05, 3.63) is 55.8 Å². The summed E-state index contributed by atoms with van der Waals surface area (Å²) in [7, 11) is 0. The van der Waals surface area contributed by atoms with Crippen LogP contribution in [0.2, 0.25) is 0 Å². The smallest absolute Gasteiger partial charge is 0.271 e. The third-order valence-corrected chi connectivity index (χ3v) is 3.81. The summed E-state index contributed by atoms with van der Waals surface area (Å²) < 4.78 is 2.05. The van der Waals surface area contributed by atoms with Crippen LogP contribution in [0.15, 0.2) is 38.5 Å². The van der Waals surface area contributed by atoms with E-state index in [1.807, 2.05) is 30.3 Å². The number of aromatic nitrogens is 1. The first-order valence-electron chi connectivity index (χ1n) is 6.65. The number of hydrogen-bond donors (Lipinski definition) is 1. The van der Waals surface area contributed by atoms with Crippen LogP contribution in [0.1, 0.15) is 23.6 Å². The van der Waals surface area contributed by atoms with Crippen LogP contribution in [-0.4, -0.2) is 15.9 Å². The van der Waals surface area contributed by atoms with Crippen LogP contribution in [0, 0.1) is 18.3 Å². The van der Waals surface area contributed by atoms with Crippen molar-refractivity contribution >= 4 is 27.8 Å². The van der Waals surface area contributed by atoms with Gasteiger partial charge in [0, 0.05) is 17.2 Å². The maximum Gasteiger partial charge on any atom is 0.271 e. The minimum atomic E-state index is -0.486. The molecule has 0 aliphatic rings. The summed E-state index contributed by atoms with van der Waals surface area (Å²) in [6.45, 7) is 3.63. The lowest BCUT2D eigenvalue weighted by Crippen LogP contribution is -2.24. The Hall–Kier alpha value is -2.39. The zero-order valence-electron chi connectivity index (χ0n) is 12.2. The highest BCUT2D eigenvalue weighted by atomic mass is 79.9. The molecule has 0 bridgehead atoms. The van der Waals surface area contributed by atoms with Gasteiger partial charge in [-0.2, -0.15) is 5.26 Å². The minimum absolute atomic E-state index is 0.0235. The molecule has 0 amide bonds. The Kier molecular flexibility index (Phi) is 4.78. The summed E-state index contributed by atoms with van der Waals surface area (Å²) in [6.07, 6.45) is 1.47. The third-order valence-electron chi connectivity index (χ3n) is 3.31. The van der Waals surface area contributed by atoms with E-state index < -0.39 is 5.56 Å². The summed E-state index contributed by atoms with van der Waals surface area (Å²) in [5, 5.41) is 19.4. The number of nitrogens with zero attached hydrogens (tertiary/aromatic N) is 3. The maximum absolute atomic E-state index is 12.1.